The maximum atomic E-state index is 12.2. The molecule has 1 amide bonds. The molecule has 1 aliphatic heterocycles. The SMILES string of the molecule is O=C(CN1CCC(n2cncn2)CC1)Nc1ccc(Cl)c([N+](=O)[O-])c1. The summed E-state index contributed by atoms with van der Waals surface area (Å²) in [5.74, 6) is -0.212. The number of amides is 1. The van der Waals surface area contributed by atoms with Crippen LogP contribution in [0, 0.1) is 10.1 Å². The minimum Gasteiger partial charge on any atom is -0.325 e. The summed E-state index contributed by atoms with van der Waals surface area (Å²) in [7, 11) is 0. The number of nitrogens with one attached hydrogen (secondary N) is 1. The fraction of sp³-hybridized carbons (Fsp3) is 0.400. The minimum absolute atomic E-state index is 0.0400. The number of nitro groups is 1. The molecule has 25 heavy (non-hydrogen) atoms. The van der Waals surface area contributed by atoms with E-state index < -0.39 is 4.92 Å². The lowest BCUT2D eigenvalue weighted by Crippen LogP contribution is -2.39. The van der Waals surface area contributed by atoms with Crippen LogP contribution in [0.4, 0.5) is 11.4 Å². The molecule has 10 heteroatoms. The van der Waals surface area contributed by atoms with Crippen LogP contribution in [0.5, 0.6) is 0 Å². The molecule has 1 aromatic carbocycles. The molecule has 1 aromatic heterocycles. The van der Waals surface area contributed by atoms with E-state index in [1.807, 2.05) is 9.58 Å². The third-order valence-electron chi connectivity index (χ3n) is 4.16. The second kappa shape index (κ2) is 7.58. The Bertz CT molecular complexity index is 759. The number of aromatic nitrogens is 3. The first-order valence-corrected chi connectivity index (χ1v) is 8.21. The second-order valence-electron chi connectivity index (χ2n) is 5.85. The van der Waals surface area contributed by atoms with Crippen LogP contribution < -0.4 is 5.32 Å². The number of carbonyl (C=O) groups is 1. The summed E-state index contributed by atoms with van der Waals surface area (Å²) in [5.41, 5.74) is 0.131. The number of likely N-dealkylation sites (tertiary alicyclic amines) is 1. The number of hydrogen-bond acceptors (Lipinski definition) is 6. The number of piperidine rings is 1. The van der Waals surface area contributed by atoms with Crippen molar-refractivity contribution in [3.63, 3.8) is 0 Å². The molecule has 2 heterocycles. The van der Waals surface area contributed by atoms with Gasteiger partial charge in [-0.2, -0.15) is 5.10 Å². The van der Waals surface area contributed by atoms with Crippen molar-refractivity contribution in [2.45, 2.75) is 18.9 Å². The highest BCUT2D eigenvalue weighted by molar-refractivity contribution is 6.32. The van der Waals surface area contributed by atoms with Gasteiger partial charge in [0.1, 0.15) is 17.7 Å². The fourth-order valence-corrected chi connectivity index (χ4v) is 3.07. The number of rotatable bonds is 5. The summed E-state index contributed by atoms with van der Waals surface area (Å²) in [6, 6.07) is 4.51. The quantitative estimate of drug-likeness (QED) is 0.643. The van der Waals surface area contributed by atoms with Crippen molar-refractivity contribution in [3.05, 3.63) is 46.0 Å². The molecule has 132 valence electrons. The molecule has 1 N–H and O–H groups in total. The molecule has 0 radical (unpaired) electrons. The van der Waals surface area contributed by atoms with E-state index in [9.17, 15) is 14.9 Å². The van der Waals surface area contributed by atoms with Gasteiger partial charge in [-0.05, 0) is 25.0 Å². The highest BCUT2D eigenvalue weighted by Crippen LogP contribution is 2.27. The van der Waals surface area contributed by atoms with E-state index in [4.69, 9.17) is 11.6 Å². The van der Waals surface area contributed by atoms with Crippen molar-refractivity contribution in [2.75, 3.05) is 25.0 Å². The molecule has 0 saturated carbocycles. The predicted octanol–water partition coefficient (Wildman–Crippen LogP) is 2.12. The Morgan fingerprint density at radius 2 is 2.16 bits per heavy atom. The van der Waals surface area contributed by atoms with Gasteiger partial charge in [-0.15, -0.1) is 0 Å². The molecule has 0 unspecified atom stereocenters. The summed E-state index contributed by atoms with van der Waals surface area (Å²) in [6.07, 6.45) is 5.01. The zero-order valence-electron chi connectivity index (χ0n) is 13.3. The highest BCUT2D eigenvalue weighted by atomic mass is 35.5. The van der Waals surface area contributed by atoms with Crippen LogP contribution in [-0.4, -0.2) is 50.1 Å². The lowest BCUT2D eigenvalue weighted by atomic mass is 10.1. The zero-order valence-corrected chi connectivity index (χ0v) is 14.1. The summed E-state index contributed by atoms with van der Waals surface area (Å²) in [5, 5.41) is 17.8. The summed E-state index contributed by atoms with van der Waals surface area (Å²) < 4.78 is 1.85. The highest BCUT2D eigenvalue weighted by Gasteiger charge is 2.22. The number of benzene rings is 1. The van der Waals surface area contributed by atoms with Gasteiger partial charge < -0.3 is 5.32 Å². The average molecular weight is 365 g/mol. The average Bonchev–Trinajstić information content (AvgIpc) is 3.11. The van der Waals surface area contributed by atoms with Gasteiger partial charge in [0, 0.05) is 24.8 Å². The lowest BCUT2D eigenvalue weighted by Gasteiger charge is -2.31. The van der Waals surface area contributed by atoms with Crippen LogP contribution in [0.1, 0.15) is 18.9 Å². The Hall–Kier alpha value is -2.52. The van der Waals surface area contributed by atoms with Crippen molar-refractivity contribution in [3.8, 4) is 0 Å². The van der Waals surface area contributed by atoms with E-state index in [0.717, 1.165) is 25.9 Å². The van der Waals surface area contributed by atoms with Gasteiger partial charge in [0.2, 0.25) is 5.91 Å². The molecule has 0 spiro atoms. The number of halogens is 1. The number of nitrogens with zero attached hydrogens (tertiary/aromatic N) is 5. The smallest absolute Gasteiger partial charge is 0.289 e. The largest absolute Gasteiger partial charge is 0.325 e. The van der Waals surface area contributed by atoms with Gasteiger partial charge in [0.15, 0.2) is 0 Å². The molecular weight excluding hydrogens is 348 g/mol. The third-order valence-corrected chi connectivity index (χ3v) is 4.48. The third kappa shape index (κ3) is 4.31. The minimum atomic E-state index is -0.576. The van der Waals surface area contributed by atoms with Gasteiger partial charge in [0.25, 0.3) is 5.69 Å². The van der Waals surface area contributed by atoms with Crippen molar-refractivity contribution in [1.82, 2.24) is 19.7 Å². The fourth-order valence-electron chi connectivity index (χ4n) is 2.88. The molecule has 9 nitrogen and oxygen atoms in total. The van der Waals surface area contributed by atoms with E-state index in [2.05, 4.69) is 15.4 Å². The molecular formula is C15H17ClN6O3. The van der Waals surface area contributed by atoms with Gasteiger partial charge in [-0.3, -0.25) is 19.8 Å². The molecule has 1 saturated heterocycles. The number of nitro benzene ring substituents is 1. The Balaban J connectivity index is 1.52. The van der Waals surface area contributed by atoms with E-state index in [1.165, 1.54) is 18.5 Å². The van der Waals surface area contributed by atoms with Crippen molar-refractivity contribution in [1.29, 1.82) is 0 Å². The number of hydrogen-bond donors (Lipinski definition) is 1. The van der Waals surface area contributed by atoms with Gasteiger partial charge in [-0.25, -0.2) is 9.67 Å². The first-order chi connectivity index (χ1) is 12.0. The maximum absolute atomic E-state index is 12.2. The van der Waals surface area contributed by atoms with Gasteiger partial charge in [0.05, 0.1) is 17.5 Å². The molecule has 0 bridgehead atoms. The Morgan fingerprint density at radius 3 is 2.80 bits per heavy atom. The molecule has 1 fully saturated rings. The van der Waals surface area contributed by atoms with Crippen LogP contribution in [0.25, 0.3) is 0 Å². The predicted molar refractivity (Wildman–Crippen MR) is 91.5 cm³/mol. The van der Waals surface area contributed by atoms with Crippen molar-refractivity contribution >= 4 is 28.9 Å². The molecule has 3 rings (SSSR count). The first kappa shape index (κ1) is 17.3. The summed E-state index contributed by atoms with van der Waals surface area (Å²) in [6.45, 7) is 1.79. The van der Waals surface area contributed by atoms with Crippen molar-refractivity contribution < 1.29 is 9.72 Å². The van der Waals surface area contributed by atoms with E-state index >= 15 is 0 Å². The monoisotopic (exact) mass is 364 g/mol. The topological polar surface area (TPSA) is 106 Å². The Morgan fingerprint density at radius 1 is 1.40 bits per heavy atom. The Labute approximate surface area is 148 Å². The summed E-state index contributed by atoms with van der Waals surface area (Å²) in [4.78, 5) is 28.5. The zero-order chi connectivity index (χ0) is 17.8. The van der Waals surface area contributed by atoms with Crippen LogP contribution in [0.2, 0.25) is 5.02 Å². The lowest BCUT2D eigenvalue weighted by molar-refractivity contribution is -0.384. The van der Waals surface area contributed by atoms with Crippen LogP contribution in [0.3, 0.4) is 0 Å². The molecule has 0 aliphatic carbocycles. The second-order valence-corrected chi connectivity index (χ2v) is 6.26. The van der Waals surface area contributed by atoms with E-state index in [1.54, 1.807) is 12.4 Å². The number of anilines is 1. The van der Waals surface area contributed by atoms with Gasteiger partial charge >= 0.3 is 0 Å². The van der Waals surface area contributed by atoms with Crippen molar-refractivity contribution in [2.24, 2.45) is 0 Å². The molecule has 0 atom stereocenters. The van der Waals surface area contributed by atoms with E-state index in [0.29, 0.717) is 11.7 Å². The van der Waals surface area contributed by atoms with E-state index in [-0.39, 0.29) is 23.2 Å². The van der Waals surface area contributed by atoms with Crippen LogP contribution in [-0.2, 0) is 4.79 Å². The van der Waals surface area contributed by atoms with Crippen LogP contribution >= 0.6 is 11.6 Å². The maximum Gasteiger partial charge on any atom is 0.289 e. The number of carbonyl (C=O) groups excluding carboxylic acids is 1. The normalized spacial score (nSPS) is 15.9. The summed E-state index contributed by atoms with van der Waals surface area (Å²) >= 11 is 5.77. The van der Waals surface area contributed by atoms with Crippen LogP contribution in [0.15, 0.2) is 30.9 Å². The molecule has 2 aromatic rings. The van der Waals surface area contributed by atoms with Gasteiger partial charge in [-0.1, -0.05) is 11.6 Å². The standard InChI is InChI=1S/C15H17ClN6O3/c16-13-2-1-11(7-14(13)22(24)25)19-15(23)8-20-5-3-12(4-6-20)21-10-17-9-18-21/h1-2,7,9-10,12H,3-6,8H2,(H,19,23). The Kier molecular flexibility index (Phi) is 5.25. The molecule has 1 aliphatic rings. The first-order valence-electron chi connectivity index (χ1n) is 7.83.